The largest absolute Gasteiger partial charge is 0.491 e. The zero-order valence-electron chi connectivity index (χ0n) is 9.07. The molecule has 1 aromatic heterocycles. The second-order valence-electron chi connectivity index (χ2n) is 3.40. The fraction of sp³-hybridized carbons (Fsp3) is 0.182. The summed E-state index contributed by atoms with van der Waals surface area (Å²) in [6.07, 6.45) is 0. The molecule has 0 atom stereocenters. The van der Waals surface area contributed by atoms with Crippen LogP contribution >= 0.6 is 0 Å². The van der Waals surface area contributed by atoms with E-state index in [1.807, 2.05) is 0 Å². The van der Waals surface area contributed by atoms with Crippen LogP contribution in [0.2, 0.25) is 0 Å². The van der Waals surface area contributed by atoms with Crippen molar-refractivity contribution in [2.24, 2.45) is 7.05 Å². The molecular formula is C11H12FN3O. The van der Waals surface area contributed by atoms with E-state index >= 15 is 0 Å². The van der Waals surface area contributed by atoms with E-state index in [9.17, 15) is 4.39 Å². The lowest BCUT2D eigenvalue weighted by Gasteiger charge is -2.01. The number of nitrogen functional groups attached to an aromatic ring is 1. The fourth-order valence-electron chi connectivity index (χ4n) is 1.52. The maximum Gasteiger partial charge on any atom is 0.188 e. The molecule has 0 fully saturated rings. The first-order chi connectivity index (χ1) is 7.63. The van der Waals surface area contributed by atoms with Gasteiger partial charge in [0.1, 0.15) is 11.5 Å². The van der Waals surface area contributed by atoms with Gasteiger partial charge in [-0.15, -0.1) is 0 Å². The summed E-state index contributed by atoms with van der Waals surface area (Å²) >= 11 is 0. The van der Waals surface area contributed by atoms with E-state index in [4.69, 9.17) is 10.5 Å². The molecule has 0 saturated carbocycles. The number of hydrogen-bond donors (Lipinski definition) is 1. The molecule has 0 aliphatic rings. The second kappa shape index (κ2) is 3.84. The molecule has 5 heteroatoms. The molecule has 0 aliphatic carbocycles. The van der Waals surface area contributed by atoms with Crippen LogP contribution < -0.4 is 10.5 Å². The van der Waals surface area contributed by atoms with Crippen molar-refractivity contribution in [2.45, 2.75) is 0 Å². The van der Waals surface area contributed by atoms with E-state index in [1.165, 1.54) is 23.9 Å². The Bertz CT molecular complexity index is 505. The number of aryl methyl sites for hydroxylation is 1. The second-order valence-corrected chi connectivity index (χ2v) is 3.40. The molecular weight excluding hydrogens is 209 g/mol. The SMILES string of the molecule is COc1c(-c2ccc(F)cc2)nn(C)c1N. The summed E-state index contributed by atoms with van der Waals surface area (Å²) < 4.78 is 19.5. The molecule has 0 spiro atoms. The van der Waals surface area contributed by atoms with Crippen LogP contribution in [-0.4, -0.2) is 16.9 Å². The van der Waals surface area contributed by atoms with Gasteiger partial charge in [-0.25, -0.2) is 9.07 Å². The summed E-state index contributed by atoms with van der Waals surface area (Å²) in [4.78, 5) is 0. The zero-order chi connectivity index (χ0) is 11.7. The Hall–Kier alpha value is -2.04. The lowest BCUT2D eigenvalue weighted by Crippen LogP contribution is -1.98. The van der Waals surface area contributed by atoms with Crippen LogP contribution in [0.4, 0.5) is 10.2 Å². The van der Waals surface area contributed by atoms with E-state index in [0.29, 0.717) is 17.3 Å². The predicted molar refractivity (Wildman–Crippen MR) is 59.6 cm³/mol. The molecule has 0 amide bonds. The molecule has 0 bridgehead atoms. The van der Waals surface area contributed by atoms with Gasteiger partial charge < -0.3 is 10.5 Å². The van der Waals surface area contributed by atoms with Crippen molar-refractivity contribution in [1.82, 2.24) is 9.78 Å². The smallest absolute Gasteiger partial charge is 0.188 e. The van der Waals surface area contributed by atoms with Gasteiger partial charge in [0.2, 0.25) is 0 Å². The number of aromatic nitrogens is 2. The Morgan fingerprint density at radius 2 is 1.94 bits per heavy atom. The number of halogens is 1. The van der Waals surface area contributed by atoms with Gasteiger partial charge in [-0.05, 0) is 24.3 Å². The van der Waals surface area contributed by atoms with Crippen molar-refractivity contribution < 1.29 is 9.13 Å². The van der Waals surface area contributed by atoms with Gasteiger partial charge in [-0.2, -0.15) is 5.10 Å². The topological polar surface area (TPSA) is 53.1 Å². The number of ether oxygens (including phenoxy) is 1. The van der Waals surface area contributed by atoms with Gasteiger partial charge >= 0.3 is 0 Å². The highest BCUT2D eigenvalue weighted by molar-refractivity contribution is 5.72. The number of nitrogens with zero attached hydrogens (tertiary/aromatic N) is 2. The maximum absolute atomic E-state index is 12.8. The molecule has 4 nitrogen and oxygen atoms in total. The maximum atomic E-state index is 12.8. The van der Waals surface area contributed by atoms with Crippen LogP contribution in [0.3, 0.4) is 0 Å². The number of hydrogen-bond acceptors (Lipinski definition) is 3. The highest BCUT2D eigenvalue weighted by Crippen LogP contribution is 2.33. The Kier molecular flexibility index (Phi) is 2.52. The molecule has 2 aromatic rings. The minimum Gasteiger partial charge on any atom is -0.491 e. The summed E-state index contributed by atoms with van der Waals surface area (Å²) in [5.41, 5.74) is 7.17. The molecule has 1 aromatic carbocycles. The molecule has 16 heavy (non-hydrogen) atoms. The van der Waals surface area contributed by atoms with Crippen LogP contribution in [0.1, 0.15) is 0 Å². The van der Waals surface area contributed by atoms with Gasteiger partial charge in [0.25, 0.3) is 0 Å². The van der Waals surface area contributed by atoms with Crippen LogP contribution in [0, 0.1) is 5.82 Å². The van der Waals surface area contributed by atoms with Gasteiger partial charge in [0.05, 0.1) is 7.11 Å². The summed E-state index contributed by atoms with van der Waals surface area (Å²) in [6, 6.07) is 6.03. The first-order valence-electron chi connectivity index (χ1n) is 4.76. The van der Waals surface area contributed by atoms with Crippen LogP contribution in [0.5, 0.6) is 5.75 Å². The Morgan fingerprint density at radius 3 is 2.50 bits per heavy atom. The quantitative estimate of drug-likeness (QED) is 0.841. The van der Waals surface area contributed by atoms with Crippen LogP contribution in [0.25, 0.3) is 11.3 Å². The van der Waals surface area contributed by atoms with Gasteiger partial charge in [0.15, 0.2) is 11.6 Å². The van der Waals surface area contributed by atoms with Crippen molar-refractivity contribution in [1.29, 1.82) is 0 Å². The molecule has 0 unspecified atom stereocenters. The summed E-state index contributed by atoms with van der Waals surface area (Å²) in [7, 11) is 3.26. The third kappa shape index (κ3) is 1.60. The molecule has 1 heterocycles. The standard InChI is InChI=1S/C11H12FN3O/c1-15-11(13)10(16-2)9(14-15)7-3-5-8(12)6-4-7/h3-6H,13H2,1-2H3. The summed E-state index contributed by atoms with van der Waals surface area (Å²) in [5.74, 6) is 0.669. The van der Waals surface area contributed by atoms with E-state index in [2.05, 4.69) is 5.10 Å². The number of rotatable bonds is 2. The van der Waals surface area contributed by atoms with E-state index in [-0.39, 0.29) is 5.82 Å². The third-order valence-electron chi connectivity index (χ3n) is 2.37. The van der Waals surface area contributed by atoms with Crippen molar-refractivity contribution in [3.63, 3.8) is 0 Å². The average Bonchev–Trinajstić information content (AvgIpc) is 2.56. The number of anilines is 1. The summed E-state index contributed by atoms with van der Waals surface area (Å²) in [6.45, 7) is 0. The Morgan fingerprint density at radius 1 is 1.31 bits per heavy atom. The van der Waals surface area contributed by atoms with Gasteiger partial charge in [-0.1, -0.05) is 0 Å². The molecule has 0 radical (unpaired) electrons. The minimum absolute atomic E-state index is 0.286. The van der Waals surface area contributed by atoms with Crippen LogP contribution in [0.15, 0.2) is 24.3 Å². The zero-order valence-corrected chi connectivity index (χ0v) is 9.07. The van der Waals surface area contributed by atoms with E-state index < -0.39 is 0 Å². The number of methoxy groups -OCH3 is 1. The van der Waals surface area contributed by atoms with E-state index in [0.717, 1.165) is 5.56 Å². The normalized spacial score (nSPS) is 10.4. The average molecular weight is 221 g/mol. The molecule has 0 saturated heterocycles. The molecule has 2 N–H and O–H groups in total. The van der Waals surface area contributed by atoms with Crippen molar-refractivity contribution in [3.05, 3.63) is 30.1 Å². The lowest BCUT2D eigenvalue weighted by molar-refractivity contribution is 0.418. The van der Waals surface area contributed by atoms with Crippen molar-refractivity contribution in [2.75, 3.05) is 12.8 Å². The van der Waals surface area contributed by atoms with E-state index in [1.54, 1.807) is 19.2 Å². The highest BCUT2D eigenvalue weighted by Gasteiger charge is 2.15. The number of nitrogens with two attached hydrogens (primary N) is 1. The monoisotopic (exact) mass is 221 g/mol. The van der Waals surface area contributed by atoms with Crippen molar-refractivity contribution >= 4 is 5.82 Å². The lowest BCUT2D eigenvalue weighted by atomic mass is 10.1. The minimum atomic E-state index is -0.286. The summed E-state index contributed by atoms with van der Waals surface area (Å²) in [5, 5.41) is 4.23. The van der Waals surface area contributed by atoms with Gasteiger partial charge in [0, 0.05) is 12.6 Å². The fourth-order valence-corrected chi connectivity index (χ4v) is 1.52. The third-order valence-corrected chi connectivity index (χ3v) is 2.37. The van der Waals surface area contributed by atoms with Gasteiger partial charge in [-0.3, -0.25) is 0 Å². The first-order valence-corrected chi connectivity index (χ1v) is 4.76. The Labute approximate surface area is 92.4 Å². The van der Waals surface area contributed by atoms with Crippen LogP contribution in [-0.2, 0) is 7.05 Å². The highest BCUT2D eigenvalue weighted by atomic mass is 19.1. The van der Waals surface area contributed by atoms with Crippen molar-refractivity contribution in [3.8, 4) is 17.0 Å². The number of benzene rings is 1. The Balaban J connectivity index is 2.55. The molecule has 2 rings (SSSR count). The molecule has 84 valence electrons. The predicted octanol–water partition coefficient (Wildman–Crippen LogP) is 1.82. The molecule has 0 aliphatic heterocycles. The first kappa shape index (κ1) is 10.5.